The monoisotopic (exact) mass is 287 g/mol. The lowest BCUT2D eigenvalue weighted by Gasteiger charge is -2.09. The number of carbonyl (C=O) groups is 1. The second kappa shape index (κ2) is 6.53. The van der Waals surface area contributed by atoms with E-state index in [2.05, 4.69) is 0 Å². The van der Waals surface area contributed by atoms with Crippen molar-refractivity contribution in [1.82, 2.24) is 0 Å². The Morgan fingerprint density at radius 2 is 2.05 bits per heavy atom. The zero-order valence-corrected chi connectivity index (χ0v) is 11.7. The third-order valence-electron chi connectivity index (χ3n) is 2.44. The van der Waals surface area contributed by atoms with Crippen LogP contribution in [0.15, 0.2) is 23.1 Å². The first-order valence-corrected chi connectivity index (χ1v) is 7.32. The van der Waals surface area contributed by atoms with Crippen molar-refractivity contribution in [1.29, 1.82) is 0 Å². The summed E-state index contributed by atoms with van der Waals surface area (Å²) in [5, 5.41) is 5.06. The average molecular weight is 287 g/mol. The first kappa shape index (κ1) is 15.5. The Hall–Kier alpha value is -1.60. The third-order valence-corrected chi connectivity index (χ3v) is 3.37. The van der Waals surface area contributed by atoms with E-state index < -0.39 is 16.0 Å². The van der Waals surface area contributed by atoms with Crippen LogP contribution in [0.1, 0.15) is 30.1 Å². The van der Waals surface area contributed by atoms with Crippen LogP contribution in [0.3, 0.4) is 0 Å². The molecule has 0 atom stereocenters. The van der Waals surface area contributed by atoms with E-state index in [0.717, 1.165) is 18.9 Å². The first-order valence-electron chi connectivity index (χ1n) is 5.78. The summed E-state index contributed by atoms with van der Waals surface area (Å²) in [5.74, 6) is -0.492. The van der Waals surface area contributed by atoms with Gasteiger partial charge in [-0.05, 0) is 24.6 Å². The molecule has 1 aromatic carbocycles. The smallest absolute Gasteiger partial charge is 0.338 e. The number of ether oxygens (including phenoxy) is 2. The Labute approximate surface area is 112 Å². The molecule has 0 aliphatic heterocycles. The van der Waals surface area contributed by atoms with Gasteiger partial charge in [0.1, 0.15) is 10.6 Å². The molecule has 1 rings (SSSR count). The highest BCUT2D eigenvalue weighted by Gasteiger charge is 2.18. The second-order valence-corrected chi connectivity index (χ2v) is 5.43. The van der Waals surface area contributed by atoms with E-state index in [1.165, 1.54) is 19.2 Å². The Kier molecular flexibility index (Phi) is 5.31. The molecule has 0 amide bonds. The molecule has 0 aliphatic carbocycles. The van der Waals surface area contributed by atoms with E-state index in [4.69, 9.17) is 14.6 Å². The molecule has 0 saturated heterocycles. The fraction of sp³-hybridized carbons (Fsp3) is 0.417. The average Bonchev–Trinajstić information content (AvgIpc) is 2.37. The summed E-state index contributed by atoms with van der Waals surface area (Å²) in [4.78, 5) is 11.5. The van der Waals surface area contributed by atoms with Crippen molar-refractivity contribution >= 4 is 16.0 Å². The third kappa shape index (κ3) is 4.22. The number of methoxy groups -OCH3 is 1. The van der Waals surface area contributed by atoms with Crippen LogP contribution in [-0.4, -0.2) is 28.1 Å². The normalized spacial score (nSPS) is 11.1. The molecule has 19 heavy (non-hydrogen) atoms. The van der Waals surface area contributed by atoms with Gasteiger partial charge in [-0.15, -0.1) is 0 Å². The molecule has 0 fully saturated rings. The van der Waals surface area contributed by atoms with E-state index in [9.17, 15) is 13.2 Å². The minimum Gasteiger partial charge on any atom is -0.495 e. The summed E-state index contributed by atoms with van der Waals surface area (Å²) in [6.07, 6.45) is 1.66. The molecule has 1 aromatic rings. The molecule has 0 heterocycles. The van der Waals surface area contributed by atoms with Crippen molar-refractivity contribution in [2.75, 3.05) is 13.7 Å². The van der Waals surface area contributed by atoms with Crippen molar-refractivity contribution in [2.24, 2.45) is 5.14 Å². The molecule has 106 valence electrons. The van der Waals surface area contributed by atoms with Crippen molar-refractivity contribution < 1.29 is 22.7 Å². The maximum atomic E-state index is 11.7. The molecule has 6 nitrogen and oxygen atoms in total. The molecule has 2 N–H and O–H groups in total. The van der Waals surface area contributed by atoms with E-state index >= 15 is 0 Å². The number of sulfonamides is 1. The van der Waals surface area contributed by atoms with Crippen molar-refractivity contribution in [3.63, 3.8) is 0 Å². The van der Waals surface area contributed by atoms with Gasteiger partial charge >= 0.3 is 5.97 Å². The molecule has 0 aliphatic rings. The molecule has 0 spiro atoms. The van der Waals surface area contributed by atoms with Gasteiger partial charge in [0.2, 0.25) is 10.0 Å². The van der Waals surface area contributed by atoms with Crippen molar-refractivity contribution in [3.05, 3.63) is 23.8 Å². The molecule has 0 unspecified atom stereocenters. The summed E-state index contributed by atoms with van der Waals surface area (Å²) < 4.78 is 32.7. The number of rotatable bonds is 6. The summed E-state index contributed by atoms with van der Waals surface area (Å²) in [6.45, 7) is 2.27. The lowest BCUT2D eigenvalue weighted by molar-refractivity contribution is 0.0499. The Bertz CT molecular complexity index is 553. The van der Waals surface area contributed by atoms with Crippen LogP contribution in [-0.2, 0) is 14.8 Å². The Morgan fingerprint density at radius 3 is 2.58 bits per heavy atom. The Morgan fingerprint density at radius 1 is 1.37 bits per heavy atom. The van der Waals surface area contributed by atoms with Gasteiger partial charge in [-0.25, -0.2) is 18.4 Å². The van der Waals surface area contributed by atoms with Gasteiger partial charge in [0, 0.05) is 0 Å². The van der Waals surface area contributed by atoms with E-state index in [-0.39, 0.29) is 16.2 Å². The molecular weight excluding hydrogens is 270 g/mol. The number of unbranched alkanes of at least 4 members (excludes halogenated alkanes) is 1. The number of hydrogen-bond acceptors (Lipinski definition) is 5. The van der Waals surface area contributed by atoms with Crippen LogP contribution >= 0.6 is 0 Å². The lowest BCUT2D eigenvalue weighted by atomic mass is 10.2. The lowest BCUT2D eigenvalue weighted by Crippen LogP contribution is -2.15. The standard InChI is InChI=1S/C12H17NO5S/c1-3-4-7-18-12(14)9-5-6-10(17-2)11(8-9)19(13,15)16/h5-6,8H,3-4,7H2,1-2H3,(H2,13,15,16). The number of nitrogens with two attached hydrogens (primary N) is 1. The van der Waals surface area contributed by atoms with Crippen molar-refractivity contribution in [3.8, 4) is 5.75 Å². The molecule has 0 saturated carbocycles. The van der Waals surface area contributed by atoms with Gasteiger partial charge < -0.3 is 9.47 Å². The highest BCUT2D eigenvalue weighted by Crippen LogP contribution is 2.24. The second-order valence-electron chi connectivity index (χ2n) is 3.90. The zero-order chi connectivity index (χ0) is 14.5. The fourth-order valence-corrected chi connectivity index (χ4v) is 2.14. The SMILES string of the molecule is CCCCOC(=O)c1ccc(OC)c(S(N)(=O)=O)c1. The number of esters is 1. The predicted octanol–water partition coefficient (Wildman–Crippen LogP) is 1.30. The number of primary sulfonamides is 1. The van der Waals surface area contributed by atoms with Gasteiger partial charge in [0.25, 0.3) is 0 Å². The van der Waals surface area contributed by atoms with Gasteiger partial charge in [0.15, 0.2) is 0 Å². The van der Waals surface area contributed by atoms with Crippen LogP contribution in [0.2, 0.25) is 0 Å². The maximum absolute atomic E-state index is 11.7. The number of carbonyl (C=O) groups excluding carboxylic acids is 1. The van der Waals surface area contributed by atoms with Crippen LogP contribution in [0.25, 0.3) is 0 Å². The summed E-state index contributed by atoms with van der Waals surface area (Å²) in [6, 6.07) is 3.96. The van der Waals surface area contributed by atoms with Crippen LogP contribution in [0.4, 0.5) is 0 Å². The number of benzene rings is 1. The predicted molar refractivity (Wildman–Crippen MR) is 69.6 cm³/mol. The highest BCUT2D eigenvalue weighted by molar-refractivity contribution is 7.89. The first-order chi connectivity index (χ1) is 8.90. The minimum atomic E-state index is -3.96. The number of hydrogen-bond donors (Lipinski definition) is 1. The summed E-state index contributed by atoms with van der Waals surface area (Å²) in [5.41, 5.74) is 0.126. The molecule has 0 aromatic heterocycles. The molecular formula is C12H17NO5S. The van der Waals surface area contributed by atoms with Crippen LogP contribution in [0.5, 0.6) is 5.75 Å². The summed E-state index contributed by atoms with van der Waals surface area (Å²) in [7, 11) is -2.64. The van der Waals surface area contributed by atoms with Gasteiger partial charge in [0.05, 0.1) is 19.3 Å². The van der Waals surface area contributed by atoms with Gasteiger partial charge in [-0.2, -0.15) is 0 Å². The largest absolute Gasteiger partial charge is 0.495 e. The minimum absolute atomic E-state index is 0.0904. The maximum Gasteiger partial charge on any atom is 0.338 e. The molecule has 0 radical (unpaired) electrons. The Balaban J connectivity index is 3.02. The van der Waals surface area contributed by atoms with E-state index in [0.29, 0.717) is 6.61 Å². The van der Waals surface area contributed by atoms with Crippen molar-refractivity contribution in [2.45, 2.75) is 24.7 Å². The quantitative estimate of drug-likeness (QED) is 0.628. The fourth-order valence-electron chi connectivity index (χ4n) is 1.42. The van der Waals surface area contributed by atoms with E-state index in [1.807, 2.05) is 6.92 Å². The van der Waals surface area contributed by atoms with Crippen LogP contribution < -0.4 is 9.88 Å². The topological polar surface area (TPSA) is 95.7 Å². The van der Waals surface area contributed by atoms with E-state index in [1.54, 1.807) is 0 Å². The van der Waals surface area contributed by atoms with Gasteiger partial charge in [-0.1, -0.05) is 13.3 Å². The van der Waals surface area contributed by atoms with Crippen LogP contribution in [0, 0.1) is 0 Å². The zero-order valence-electron chi connectivity index (χ0n) is 10.9. The van der Waals surface area contributed by atoms with Gasteiger partial charge in [-0.3, -0.25) is 0 Å². The molecule has 0 bridgehead atoms. The highest BCUT2D eigenvalue weighted by atomic mass is 32.2. The summed E-state index contributed by atoms with van der Waals surface area (Å²) >= 11 is 0. The molecule has 7 heteroatoms.